The molecule has 0 radical (unpaired) electrons. The molecule has 0 bridgehead atoms. The zero-order valence-corrected chi connectivity index (χ0v) is 22.2. The molecule has 0 saturated heterocycles. The largest absolute Gasteiger partial charge is 0.316 e. The van der Waals surface area contributed by atoms with Gasteiger partial charge in [0.1, 0.15) is 11.4 Å². The Labute approximate surface area is 231 Å². The number of rotatable bonds is 8. The molecule has 1 aromatic heterocycles. The van der Waals surface area contributed by atoms with Gasteiger partial charge < -0.3 is 4.57 Å². The van der Waals surface area contributed by atoms with Crippen LogP contribution in [0.1, 0.15) is 45.3 Å². The standard InChI is InChI=1S/C37H32N2/c1-29-38-35(27-36(30-17-7-2-8-18-30)31-19-9-3-10-20-31)28-39(29)37(32-21-11-4-12-22-32,33-23-13-5-14-24-33)34-25-15-6-16-26-34/h2-26,28,36H,27H2,1H3. The first-order valence-corrected chi connectivity index (χ1v) is 13.6. The number of aromatic nitrogens is 2. The second-order valence-electron chi connectivity index (χ2n) is 10.0. The van der Waals surface area contributed by atoms with Crippen LogP contribution in [0.25, 0.3) is 0 Å². The third-order valence-electron chi connectivity index (χ3n) is 7.69. The summed E-state index contributed by atoms with van der Waals surface area (Å²) in [5, 5.41) is 0. The molecule has 0 fully saturated rings. The fourth-order valence-electron chi connectivity index (χ4n) is 5.93. The minimum absolute atomic E-state index is 0.217. The predicted molar refractivity (Wildman–Crippen MR) is 160 cm³/mol. The van der Waals surface area contributed by atoms with Gasteiger partial charge in [-0.25, -0.2) is 4.98 Å². The van der Waals surface area contributed by atoms with Gasteiger partial charge in [-0.05, 0) is 34.7 Å². The Morgan fingerprint density at radius 1 is 0.538 bits per heavy atom. The molecule has 0 saturated carbocycles. The molecular weight excluding hydrogens is 472 g/mol. The van der Waals surface area contributed by atoms with Gasteiger partial charge in [0.2, 0.25) is 0 Å². The van der Waals surface area contributed by atoms with Crippen LogP contribution in [-0.2, 0) is 12.0 Å². The van der Waals surface area contributed by atoms with Gasteiger partial charge in [0.15, 0.2) is 0 Å². The first-order valence-electron chi connectivity index (χ1n) is 13.6. The van der Waals surface area contributed by atoms with Gasteiger partial charge >= 0.3 is 0 Å². The van der Waals surface area contributed by atoms with Crippen molar-refractivity contribution in [3.8, 4) is 0 Å². The summed E-state index contributed by atoms with van der Waals surface area (Å²) in [6.45, 7) is 2.13. The highest BCUT2D eigenvalue weighted by atomic mass is 15.1. The molecular formula is C37H32N2. The molecule has 5 aromatic carbocycles. The molecule has 0 unspecified atom stereocenters. The first-order chi connectivity index (χ1) is 19.3. The number of benzene rings is 5. The number of hydrogen-bond acceptors (Lipinski definition) is 1. The van der Waals surface area contributed by atoms with Crippen molar-refractivity contribution in [3.63, 3.8) is 0 Å². The van der Waals surface area contributed by atoms with E-state index in [2.05, 4.69) is 169 Å². The molecule has 0 aliphatic carbocycles. The minimum Gasteiger partial charge on any atom is -0.316 e. The van der Waals surface area contributed by atoms with Gasteiger partial charge in [-0.15, -0.1) is 0 Å². The van der Waals surface area contributed by atoms with Crippen molar-refractivity contribution in [3.05, 3.63) is 197 Å². The average Bonchev–Trinajstić information content (AvgIpc) is 3.39. The first kappa shape index (κ1) is 24.6. The Morgan fingerprint density at radius 3 is 1.28 bits per heavy atom. The monoisotopic (exact) mass is 504 g/mol. The molecule has 6 aromatic rings. The zero-order valence-electron chi connectivity index (χ0n) is 22.2. The maximum atomic E-state index is 5.21. The molecule has 0 aliphatic rings. The maximum Gasteiger partial charge on any atom is 0.121 e. The average molecular weight is 505 g/mol. The lowest BCUT2D eigenvalue weighted by atomic mass is 9.76. The lowest BCUT2D eigenvalue weighted by Gasteiger charge is -2.38. The molecule has 0 atom stereocenters. The van der Waals surface area contributed by atoms with Gasteiger partial charge in [0, 0.05) is 18.5 Å². The topological polar surface area (TPSA) is 17.8 Å². The van der Waals surface area contributed by atoms with Crippen molar-refractivity contribution < 1.29 is 0 Å². The molecule has 0 amide bonds. The van der Waals surface area contributed by atoms with Crippen LogP contribution >= 0.6 is 0 Å². The summed E-state index contributed by atoms with van der Waals surface area (Å²) in [5.41, 5.74) is 6.74. The molecule has 0 aliphatic heterocycles. The number of aryl methyl sites for hydroxylation is 1. The van der Waals surface area contributed by atoms with Gasteiger partial charge in [-0.1, -0.05) is 152 Å². The van der Waals surface area contributed by atoms with Crippen molar-refractivity contribution in [2.45, 2.75) is 24.8 Å². The zero-order chi connectivity index (χ0) is 26.5. The van der Waals surface area contributed by atoms with Gasteiger partial charge in [0.25, 0.3) is 0 Å². The van der Waals surface area contributed by atoms with E-state index in [1.54, 1.807) is 0 Å². The highest BCUT2D eigenvalue weighted by Gasteiger charge is 2.39. The molecule has 2 nitrogen and oxygen atoms in total. The summed E-state index contributed by atoms with van der Waals surface area (Å²) < 4.78 is 2.38. The van der Waals surface area contributed by atoms with Crippen LogP contribution in [0.15, 0.2) is 158 Å². The third kappa shape index (κ3) is 4.70. The fraction of sp³-hybridized carbons (Fsp3) is 0.108. The maximum absolute atomic E-state index is 5.21. The molecule has 6 rings (SSSR count). The second-order valence-corrected chi connectivity index (χ2v) is 10.0. The van der Waals surface area contributed by atoms with Crippen LogP contribution in [0.4, 0.5) is 0 Å². The van der Waals surface area contributed by atoms with Crippen LogP contribution in [0.3, 0.4) is 0 Å². The highest BCUT2D eigenvalue weighted by molar-refractivity contribution is 5.51. The van der Waals surface area contributed by atoms with Crippen molar-refractivity contribution in [1.29, 1.82) is 0 Å². The van der Waals surface area contributed by atoms with E-state index in [9.17, 15) is 0 Å². The SMILES string of the molecule is Cc1nc(CC(c2ccccc2)c2ccccc2)cn1C(c1ccccc1)(c1ccccc1)c1ccccc1. The number of nitrogens with zero attached hydrogens (tertiary/aromatic N) is 2. The van der Waals surface area contributed by atoms with E-state index in [0.29, 0.717) is 0 Å². The van der Waals surface area contributed by atoms with Crippen LogP contribution in [0, 0.1) is 6.92 Å². The van der Waals surface area contributed by atoms with Crippen molar-refractivity contribution in [2.24, 2.45) is 0 Å². The molecule has 190 valence electrons. The Balaban J connectivity index is 1.54. The highest BCUT2D eigenvalue weighted by Crippen LogP contribution is 2.42. The van der Waals surface area contributed by atoms with E-state index >= 15 is 0 Å². The lowest BCUT2D eigenvalue weighted by Crippen LogP contribution is -2.38. The smallest absolute Gasteiger partial charge is 0.121 e. The van der Waals surface area contributed by atoms with E-state index < -0.39 is 5.54 Å². The van der Waals surface area contributed by atoms with Gasteiger partial charge in [0.05, 0.1) is 5.69 Å². The summed E-state index contributed by atoms with van der Waals surface area (Å²) in [7, 11) is 0. The van der Waals surface area contributed by atoms with E-state index in [-0.39, 0.29) is 5.92 Å². The van der Waals surface area contributed by atoms with Gasteiger partial charge in [-0.2, -0.15) is 0 Å². The molecule has 1 heterocycles. The third-order valence-corrected chi connectivity index (χ3v) is 7.69. The molecule has 2 heteroatoms. The predicted octanol–water partition coefficient (Wildman–Crippen LogP) is 8.41. The summed E-state index contributed by atoms with van der Waals surface area (Å²) in [6.07, 6.45) is 3.09. The van der Waals surface area contributed by atoms with Crippen LogP contribution in [0.5, 0.6) is 0 Å². The fourth-order valence-corrected chi connectivity index (χ4v) is 5.93. The quantitative estimate of drug-likeness (QED) is 0.190. The van der Waals surface area contributed by atoms with Crippen LogP contribution < -0.4 is 0 Å². The van der Waals surface area contributed by atoms with Crippen molar-refractivity contribution in [2.75, 3.05) is 0 Å². The van der Waals surface area contributed by atoms with Crippen LogP contribution in [-0.4, -0.2) is 9.55 Å². The summed E-state index contributed by atoms with van der Waals surface area (Å²) in [4.78, 5) is 5.21. The summed E-state index contributed by atoms with van der Waals surface area (Å²) >= 11 is 0. The van der Waals surface area contributed by atoms with E-state index in [4.69, 9.17) is 4.98 Å². The second kappa shape index (κ2) is 11.0. The van der Waals surface area contributed by atoms with Crippen molar-refractivity contribution in [1.82, 2.24) is 9.55 Å². The number of hydrogen-bond donors (Lipinski definition) is 0. The van der Waals surface area contributed by atoms with Crippen LogP contribution in [0.2, 0.25) is 0 Å². The van der Waals surface area contributed by atoms with E-state index in [1.807, 2.05) is 0 Å². The van der Waals surface area contributed by atoms with E-state index in [0.717, 1.165) is 17.9 Å². The Bertz CT molecular complexity index is 1470. The summed E-state index contributed by atoms with van der Waals surface area (Å²) in [5.74, 6) is 1.20. The minimum atomic E-state index is -0.561. The van der Waals surface area contributed by atoms with Gasteiger partial charge in [-0.3, -0.25) is 0 Å². The Morgan fingerprint density at radius 2 is 0.897 bits per heavy atom. The Hall–Kier alpha value is -4.69. The summed E-state index contributed by atoms with van der Waals surface area (Å²) in [6, 6.07) is 54.0. The molecule has 39 heavy (non-hydrogen) atoms. The Kier molecular flexibility index (Phi) is 6.93. The molecule has 0 spiro atoms. The normalized spacial score (nSPS) is 11.5. The number of imidazole rings is 1. The lowest BCUT2D eigenvalue weighted by molar-refractivity contribution is 0.501. The molecule has 0 N–H and O–H groups in total. The van der Waals surface area contributed by atoms with Crippen molar-refractivity contribution >= 4 is 0 Å². The van der Waals surface area contributed by atoms with E-state index in [1.165, 1.54) is 27.8 Å².